The normalized spacial score (nSPS) is 11.4. The van der Waals surface area contributed by atoms with E-state index in [-0.39, 0.29) is 11.5 Å². The van der Waals surface area contributed by atoms with Gasteiger partial charge in [0.2, 0.25) is 0 Å². The van der Waals surface area contributed by atoms with Gasteiger partial charge in [-0.1, -0.05) is 18.2 Å². The summed E-state index contributed by atoms with van der Waals surface area (Å²) in [5, 5.41) is 3.35. The minimum absolute atomic E-state index is 0.0151. The number of benzene rings is 2. The molecule has 4 aromatic rings. The van der Waals surface area contributed by atoms with Crippen LogP contribution in [0.3, 0.4) is 0 Å². The van der Waals surface area contributed by atoms with Crippen molar-refractivity contribution >= 4 is 32.4 Å². The Bertz CT molecular complexity index is 1300. The van der Waals surface area contributed by atoms with Crippen LogP contribution in [-0.2, 0) is 15.6 Å². The summed E-state index contributed by atoms with van der Waals surface area (Å²) in [4.78, 5) is 16.8. The molecule has 0 unspecified atom stereocenters. The highest BCUT2D eigenvalue weighted by molar-refractivity contribution is 7.89. The smallest absolute Gasteiger partial charge is 0.291 e. The Hall–Kier alpha value is -3.65. The summed E-state index contributed by atoms with van der Waals surface area (Å²) in [5.41, 5.74) is 1.33. The van der Waals surface area contributed by atoms with Gasteiger partial charge in [0.15, 0.2) is 15.6 Å². The van der Waals surface area contributed by atoms with E-state index in [2.05, 4.69) is 10.3 Å². The zero-order valence-electron chi connectivity index (χ0n) is 16.0. The summed E-state index contributed by atoms with van der Waals surface area (Å²) < 4.78 is 35.1. The van der Waals surface area contributed by atoms with Gasteiger partial charge >= 0.3 is 0 Å². The molecular formula is C22H18N2O5S. The van der Waals surface area contributed by atoms with Crippen LogP contribution in [0.15, 0.2) is 77.5 Å². The monoisotopic (exact) mass is 422 g/mol. The van der Waals surface area contributed by atoms with Crippen molar-refractivity contribution in [2.75, 3.05) is 11.6 Å². The van der Waals surface area contributed by atoms with Crippen molar-refractivity contribution in [3.05, 3.63) is 84.4 Å². The molecule has 0 atom stereocenters. The lowest BCUT2D eigenvalue weighted by Crippen LogP contribution is -2.14. The van der Waals surface area contributed by atoms with E-state index in [9.17, 15) is 13.2 Å². The molecule has 0 fully saturated rings. The third kappa shape index (κ3) is 4.49. The van der Waals surface area contributed by atoms with E-state index < -0.39 is 15.7 Å². The SMILES string of the molecule is CS(=O)(=O)Cc1c(C(=O)Nc2ccc(Oc3ccncc3)cc2)oc2ccccc12. The fraction of sp³-hybridized carbons (Fsp3) is 0.0909. The van der Waals surface area contributed by atoms with Gasteiger partial charge in [0.1, 0.15) is 17.1 Å². The zero-order chi connectivity index (χ0) is 21.1. The molecule has 2 aromatic heterocycles. The molecule has 4 rings (SSSR count). The van der Waals surface area contributed by atoms with Crippen LogP contribution in [-0.4, -0.2) is 25.6 Å². The van der Waals surface area contributed by atoms with Crippen LogP contribution in [0.2, 0.25) is 0 Å². The quantitative estimate of drug-likeness (QED) is 0.494. The van der Waals surface area contributed by atoms with E-state index in [1.807, 2.05) is 0 Å². The number of carbonyl (C=O) groups is 1. The fourth-order valence-corrected chi connectivity index (χ4v) is 3.84. The number of amides is 1. The van der Waals surface area contributed by atoms with Crippen molar-refractivity contribution < 1.29 is 22.4 Å². The number of ether oxygens (including phenoxy) is 1. The first-order chi connectivity index (χ1) is 14.4. The maximum atomic E-state index is 12.8. The summed E-state index contributed by atoms with van der Waals surface area (Å²) in [5.74, 6) is 0.424. The highest BCUT2D eigenvalue weighted by Crippen LogP contribution is 2.29. The minimum Gasteiger partial charge on any atom is -0.457 e. The van der Waals surface area contributed by atoms with Crippen molar-refractivity contribution in [2.24, 2.45) is 0 Å². The Balaban J connectivity index is 1.56. The molecule has 1 amide bonds. The van der Waals surface area contributed by atoms with Crippen LogP contribution in [0.4, 0.5) is 5.69 Å². The van der Waals surface area contributed by atoms with Gasteiger partial charge in [-0.05, 0) is 42.5 Å². The van der Waals surface area contributed by atoms with E-state index in [1.54, 1.807) is 73.1 Å². The van der Waals surface area contributed by atoms with E-state index in [0.29, 0.717) is 33.7 Å². The number of aromatic nitrogens is 1. The van der Waals surface area contributed by atoms with Crippen LogP contribution in [0.5, 0.6) is 11.5 Å². The van der Waals surface area contributed by atoms with Crippen molar-refractivity contribution in [2.45, 2.75) is 5.75 Å². The molecule has 7 nitrogen and oxygen atoms in total. The number of pyridine rings is 1. The topological polar surface area (TPSA) is 98.5 Å². The van der Waals surface area contributed by atoms with Gasteiger partial charge in [0, 0.05) is 35.3 Å². The molecule has 0 saturated carbocycles. The number of anilines is 1. The van der Waals surface area contributed by atoms with Gasteiger partial charge in [-0.25, -0.2) is 8.42 Å². The van der Waals surface area contributed by atoms with Gasteiger partial charge in [-0.2, -0.15) is 0 Å². The number of para-hydroxylation sites is 1. The Kier molecular flexibility index (Phi) is 5.24. The highest BCUT2D eigenvalue weighted by Gasteiger charge is 2.23. The second kappa shape index (κ2) is 8.00. The molecule has 0 aliphatic heterocycles. The van der Waals surface area contributed by atoms with Gasteiger partial charge in [-0.15, -0.1) is 0 Å². The third-order valence-electron chi connectivity index (χ3n) is 4.31. The first-order valence-electron chi connectivity index (χ1n) is 9.06. The van der Waals surface area contributed by atoms with Crippen LogP contribution >= 0.6 is 0 Å². The number of rotatable bonds is 6. The summed E-state index contributed by atoms with van der Waals surface area (Å²) in [6.07, 6.45) is 4.38. The van der Waals surface area contributed by atoms with Crippen LogP contribution < -0.4 is 10.1 Å². The molecule has 2 aromatic carbocycles. The Morgan fingerprint density at radius 2 is 1.67 bits per heavy atom. The lowest BCUT2D eigenvalue weighted by Gasteiger charge is -2.08. The minimum atomic E-state index is -3.36. The largest absolute Gasteiger partial charge is 0.457 e. The molecule has 152 valence electrons. The molecule has 0 aliphatic carbocycles. The van der Waals surface area contributed by atoms with Gasteiger partial charge in [-0.3, -0.25) is 9.78 Å². The third-order valence-corrected chi connectivity index (χ3v) is 5.12. The number of sulfone groups is 1. The average Bonchev–Trinajstić information content (AvgIpc) is 3.07. The van der Waals surface area contributed by atoms with Crippen molar-refractivity contribution in [1.82, 2.24) is 4.98 Å². The summed E-state index contributed by atoms with van der Waals surface area (Å²) in [7, 11) is -3.36. The molecule has 0 saturated heterocycles. The maximum absolute atomic E-state index is 12.8. The number of hydrogen-bond acceptors (Lipinski definition) is 6. The lowest BCUT2D eigenvalue weighted by atomic mass is 10.1. The molecule has 0 spiro atoms. The lowest BCUT2D eigenvalue weighted by molar-refractivity contribution is 0.0998. The van der Waals surface area contributed by atoms with Crippen molar-refractivity contribution in [3.8, 4) is 11.5 Å². The molecule has 1 N–H and O–H groups in total. The van der Waals surface area contributed by atoms with Crippen LogP contribution in [0.1, 0.15) is 16.1 Å². The number of nitrogens with zero attached hydrogens (tertiary/aromatic N) is 1. The second-order valence-corrected chi connectivity index (χ2v) is 8.88. The number of furan rings is 1. The zero-order valence-corrected chi connectivity index (χ0v) is 16.8. The average molecular weight is 422 g/mol. The second-order valence-electron chi connectivity index (χ2n) is 6.74. The number of fused-ring (bicyclic) bond motifs is 1. The van der Waals surface area contributed by atoms with Gasteiger partial charge < -0.3 is 14.5 Å². The maximum Gasteiger partial charge on any atom is 0.291 e. The van der Waals surface area contributed by atoms with Gasteiger partial charge in [0.25, 0.3) is 5.91 Å². The van der Waals surface area contributed by atoms with E-state index in [0.717, 1.165) is 6.26 Å². The fourth-order valence-electron chi connectivity index (χ4n) is 3.02. The Morgan fingerprint density at radius 3 is 2.37 bits per heavy atom. The number of hydrogen-bond donors (Lipinski definition) is 1. The molecule has 30 heavy (non-hydrogen) atoms. The van der Waals surface area contributed by atoms with E-state index in [4.69, 9.17) is 9.15 Å². The van der Waals surface area contributed by atoms with Crippen LogP contribution in [0, 0.1) is 0 Å². The highest BCUT2D eigenvalue weighted by atomic mass is 32.2. The first-order valence-corrected chi connectivity index (χ1v) is 11.1. The Morgan fingerprint density at radius 1 is 1.00 bits per heavy atom. The predicted octanol–water partition coefficient (Wildman–Crippen LogP) is 4.42. The van der Waals surface area contributed by atoms with Crippen molar-refractivity contribution in [1.29, 1.82) is 0 Å². The van der Waals surface area contributed by atoms with Gasteiger partial charge in [0.05, 0.1) is 5.75 Å². The molecule has 0 bridgehead atoms. The Labute approximate surface area is 173 Å². The molecule has 0 aliphatic rings. The summed E-state index contributed by atoms with van der Waals surface area (Å²) in [6, 6.07) is 17.2. The van der Waals surface area contributed by atoms with E-state index in [1.165, 1.54) is 0 Å². The number of nitrogens with one attached hydrogen (secondary N) is 1. The molecule has 0 radical (unpaired) electrons. The molecule has 8 heteroatoms. The van der Waals surface area contributed by atoms with Crippen molar-refractivity contribution in [3.63, 3.8) is 0 Å². The standard InChI is InChI=1S/C22H18N2O5S/c1-30(26,27)14-19-18-4-2-3-5-20(18)29-21(19)22(25)24-15-6-8-16(9-7-15)28-17-10-12-23-13-11-17/h2-13H,14H2,1H3,(H,24,25). The first kappa shape index (κ1) is 19.7. The predicted molar refractivity (Wildman–Crippen MR) is 113 cm³/mol. The van der Waals surface area contributed by atoms with E-state index >= 15 is 0 Å². The summed E-state index contributed by atoms with van der Waals surface area (Å²) in [6.45, 7) is 0. The molecule has 2 heterocycles. The van der Waals surface area contributed by atoms with Crippen LogP contribution in [0.25, 0.3) is 11.0 Å². The summed E-state index contributed by atoms with van der Waals surface area (Å²) >= 11 is 0. The number of carbonyl (C=O) groups excluding carboxylic acids is 1. The molecular weight excluding hydrogens is 404 g/mol.